The Hall–Kier alpha value is -2.38. The molecular formula is C14H13NO5S. The maximum atomic E-state index is 12.0. The van der Waals surface area contributed by atoms with E-state index in [1.807, 2.05) is 0 Å². The highest BCUT2D eigenvalue weighted by atomic mass is 32.2. The van der Waals surface area contributed by atoms with E-state index in [0.29, 0.717) is 11.3 Å². The van der Waals surface area contributed by atoms with Crippen molar-refractivity contribution in [2.75, 3.05) is 12.4 Å². The predicted molar refractivity (Wildman–Crippen MR) is 77.2 cm³/mol. The largest absolute Gasteiger partial charge is 0.497 e. The van der Waals surface area contributed by atoms with Gasteiger partial charge in [-0.05, 0) is 42.5 Å². The van der Waals surface area contributed by atoms with Gasteiger partial charge in [0.25, 0.3) is 16.0 Å². The lowest BCUT2D eigenvalue weighted by Gasteiger charge is -2.07. The van der Waals surface area contributed by atoms with Crippen molar-refractivity contribution in [1.29, 1.82) is 0 Å². The van der Waals surface area contributed by atoms with Gasteiger partial charge in [-0.15, -0.1) is 0 Å². The van der Waals surface area contributed by atoms with Crippen molar-refractivity contribution >= 4 is 21.7 Å². The first-order valence-corrected chi connectivity index (χ1v) is 7.37. The van der Waals surface area contributed by atoms with E-state index in [9.17, 15) is 13.2 Å². The summed E-state index contributed by atoms with van der Waals surface area (Å²) in [6, 6.07) is 11.8. The summed E-state index contributed by atoms with van der Waals surface area (Å²) in [5.41, 5.74) is 0.666. The van der Waals surface area contributed by atoms with Gasteiger partial charge in [-0.1, -0.05) is 6.07 Å². The molecule has 0 saturated heterocycles. The van der Waals surface area contributed by atoms with Crippen LogP contribution in [0.2, 0.25) is 0 Å². The van der Waals surface area contributed by atoms with Crippen LogP contribution in [0.4, 0.5) is 5.69 Å². The van der Waals surface area contributed by atoms with Gasteiger partial charge >= 0.3 is 0 Å². The van der Waals surface area contributed by atoms with Gasteiger partial charge in [0.05, 0.1) is 12.0 Å². The third-order valence-electron chi connectivity index (χ3n) is 2.74. The van der Waals surface area contributed by atoms with Crippen molar-refractivity contribution in [1.82, 2.24) is 0 Å². The molecule has 0 bridgehead atoms. The molecule has 7 heteroatoms. The molecule has 1 amide bonds. The van der Waals surface area contributed by atoms with Crippen molar-refractivity contribution in [2.24, 2.45) is 0 Å². The van der Waals surface area contributed by atoms with Gasteiger partial charge < -0.3 is 10.1 Å². The average Bonchev–Trinajstić information content (AvgIpc) is 2.47. The molecule has 0 radical (unpaired) electrons. The minimum Gasteiger partial charge on any atom is -0.497 e. The number of rotatable bonds is 4. The molecule has 0 unspecified atom stereocenters. The molecule has 0 atom stereocenters. The fourth-order valence-corrected chi connectivity index (χ4v) is 2.21. The lowest BCUT2D eigenvalue weighted by molar-refractivity contribution is 0.102. The number of hydrogen-bond donors (Lipinski definition) is 2. The van der Waals surface area contributed by atoms with Crippen LogP contribution in [0.15, 0.2) is 53.4 Å². The van der Waals surface area contributed by atoms with Gasteiger partial charge in [0.15, 0.2) is 0 Å². The zero-order chi connectivity index (χ0) is 15.5. The summed E-state index contributed by atoms with van der Waals surface area (Å²) in [4.78, 5) is 11.7. The Labute approximate surface area is 122 Å². The van der Waals surface area contributed by atoms with Crippen LogP contribution in [0, 0.1) is 0 Å². The van der Waals surface area contributed by atoms with Gasteiger partial charge in [-0.2, -0.15) is 8.42 Å². The number of hydrogen-bond acceptors (Lipinski definition) is 4. The Morgan fingerprint density at radius 3 is 2.38 bits per heavy atom. The van der Waals surface area contributed by atoms with E-state index in [4.69, 9.17) is 9.29 Å². The molecule has 110 valence electrons. The van der Waals surface area contributed by atoms with Crippen LogP contribution in [-0.2, 0) is 10.1 Å². The molecule has 21 heavy (non-hydrogen) atoms. The standard InChI is InChI=1S/C14H13NO5S/c1-20-12-7-5-10(6-8-12)14(16)15-11-3-2-4-13(9-11)21(17,18)19/h2-9H,1H3,(H,15,16)(H,17,18,19). The van der Waals surface area contributed by atoms with Crippen LogP contribution in [0.25, 0.3) is 0 Å². The van der Waals surface area contributed by atoms with E-state index in [1.54, 1.807) is 24.3 Å². The molecule has 2 aromatic carbocycles. The molecule has 2 N–H and O–H groups in total. The molecule has 0 aliphatic carbocycles. The highest BCUT2D eigenvalue weighted by Crippen LogP contribution is 2.17. The first-order valence-electron chi connectivity index (χ1n) is 5.93. The number of carbonyl (C=O) groups is 1. The third-order valence-corrected chi connectivity index (χ3v) is 3.59. The normalized spacial score (nSPS) is 11.0. The zero-order valence-electron chi connectivity index (χ0n) is 11.1. The van der Waals surface area contributed by atoms with Crippen LogP contribution < -0.4 is 10.1 Å². The number of ether oxygens (including phenoxy) is 1. The highest BCUT2D eigenvalue weighted by Gasteiger charge is 2.11. The van der Waals surface area contributed by atoms with Crippen LogP contribution in [0.5, 0.6) is 5.75 Å². The van der Waals surface area contributed by atoms with E-state index in [-0.39, 0.29) is 10.6 Å². The molecule has 2 aromatic rings. The van der Waals surface area contributed by atoms with Crippen LogP contribution in [0.1, 0.15) is 10.4 Å². The van der Waals surface area contributed by atoms with Crippen molar-refractivity contribution in [2.45, 2.75) is 4.90 Å². The van der Waals surface area contributed by atoms with Crippen molar-refractivity contribution in [3.05, 3.63) is 54.1 Å². The summed E-state index contributed by atoms with van der Waals surface area (Å²) in [6.07, 6.45) is 0. The molecule has 0 aromatic heterocycles. The van der Waals surface area contributed by atoms with Gasteiger partial charge in [0.1, 0.15) is 5.75 Å². The maximum Gasteiger partial charge on any atom is 0.294 e. The topological polar surface area (TPSA) is 92.7 Å². The number of nitrogens with one attached hydrogen (secondary N) is 1. The van der Waals surface area contributed by atoms with Crippen molar-refractivity contribution < 1.29 is 22.5 Å². The Bertz CT molecular complexity index is 753. The Morgan fingerprint density at radius 1 is 1.14 bits per heavy atom. The lowest BCUT2D eigenvalue weighted by Crippen LogP contribution is -2.12. The molecule has 0 aliphatic rings. The second kappa shape index (κ2) is 5.94. The van der Waals surface area contributed by atoms with Gasteiger partial charge in [-0.25, -0.2) is 0 Å². The second-order valence-electron chi connectivity index (χ2n) is 4.19. The number of anilines is 1. The van der Waals surface area contributed by atoms with Gasteiger partial charge in [0.2, 0.25) is 0 Å². The number of amides is 1. The fourth-order valence-electron chi connectivity index (χ4n) is 1.68. The molecule has 0 aliphatic heterocycles. The summed E-state index contributed by atoms with van der Waals surface area (Å²) in [7, 11) is -2.78. The van der Waals surface area contributed by atoms with Crippen LogP contribution in [-0.4, -0.2) is 26.0 Å². The quantitative estimate of drug-likeness (QED) is 0.845. The van der Waals surface area contributed by atoms with Crippen LogP contribution >= 0.6 is 0 Å². The number of methoxy groups -OCH3 is 1. The van der Waals surface area contributed by atoms with E-state index in [0.717, 1.165) is 0 Å². The monoisotopic (exact) mass is 307 g/mol. The first-order chi connectivity index (χ1) is 9.90. The molecule has 0 heterocycles. The van der Waals surface area contributed by atoms with E-state index < -0.39 is 16.0 Å². The Kier molecular flexibility index (Phi) is 4.25. The van der Waals surface area contributed by atoms with Gasteiger partial charge in [-0.3, -0.25) is 9.35 Å². The van der Waals surface area contributed by atoms with Crippen molar-refractivity contribution in [3.8, 4) is 5.75 Å². The number of carbonyl (C=O) groups excluding carboxylic acids is 1. The molecular weight excluding hydrogens is 294 g/mol. The number of benzene rings is 2. The van der Waals surface area contributed by atoms with E-state index in [2.05, 4.69) is 5.32 Å². The Morgan fingerprint density at radius 2 is 1.81 bits per heavy atom. The smallest absolute Gasteiger partial charge is 0.294 e. The summed E-state index contributed by atoms with van der Waals surface area (Å²) in [6.45, 7) is 0. The van der Waals surface area contributed by atoms with Crippen LogP contribution in [0.3, 0.4) is 0 Å². The van der Waals surface area contributed by atoms with E-state index >= 15 is 0 Å². The first kappa shape index (κ1) is 15.0. The predicted octanol–water partition coefficient (Wildman–Crippen LogP) is 2.19. The average molecular weight is 307 g/mol. The lowest BCUT2D eigenvalue weighted by atomic mass is 10.2. The minimum atomic E-state index is -4.30. The highest BCUT2D eigenvalue weighted by molar-refractivity contribution is 7.85. The Balaban J connectivity index is 2.19. The SMILES string of the molecule is COc1ccc(C(=O)Nc2cccc(S(=O)(=O)O)c2)cc1. The summed E-state index contributed by atoms with van der Waals surface area (Å²) in [5.74, 6) is 0.227. The molecule has 0 spiro atoms. The second-order valence-corrected chi connectivity index (χ2v) is 5.61. The summed E-state index contributed by atoms with van der Waals surface area (Å²) < 4.78 is 36.0. The van der Waals surface area contributed by atoms with Crippen molar-refractivity contribution in [3.63, 3.8) is 0 Å². The molecule has 0 fully saturated rings. The minimum absolute atomic E-state index is 0.269. The zero-order valence-corrected chi connectivity index (χ0v) is 11.9. The molecule has 0 saturated carbocycles. The molecule has 6 nitrogen and oxygen atoms in total. The third kappa shape index (κ3) is 3.80. The summed E-state index contributed by atoms with van der Waals surface area (Å²) in [5, 5.41) is 2.55. The maximum absolute atomic E-state index is 12.0. The fraction of sp³-hybridized carbons (Fsp3) is 0.0714. The van der Waals surface area contributed by atoms with Gasteiger partial charge in [0, 0.05) is 11.3 Å². The molecule has 2 rings (SSSR count). The van der Waals surface area contributed by atoms with E-state index in [1.165, 1.54) is 31.4 Å². The summed E-state index contributed by atoms with van der Waals surface area (Å²) >= 11 is 0.